The zero-order chi connectivity index (χ0) is 38.8. The highest BCUT2D eigenvalue weighted by Crippen LogP contribution is 2.47. The molecule has 3 rings (SSSR count). The third kappa shape index (κ3) is 10.5. The van der Waals surface area contributed by atoms with Crippen LogP contribution in [0.5, 0.6) is 11.9 Å². The first-order chi connectivity index (χ1) is 23.2. The zero-order valence-electron chi connectivity index (χ0n) is 34.0. The summed E-state index contributed by atoms with van der Waals surface area (Å²) in [5.74, 6) is 0.278. The van der Waals surface area contributed by atoms with E-state index in [1.54, 1.807) is 6.33 Å². The zero-order valence-corrected chi connectivity index (χ0v) is 37.0. The van der Waals surface area contributed by atoms with Crippen LogP contribution in [0, 0.1) is 10.1 Å². The van der Waals surface area contributed by atoms with Gasteiger partial charge in [0.2, 0.25) is 5.88 Å². The van der Waals surface area contributed by atoms with Crippen molar-refractivity contribution in [2.24, 2.45) is 0 Å². The number of methoxy groups -OCH3 is 1. The van der Waals surface area contributed by atoms with Crippen molar-refractivity contribution in [3.8, 4) is 11.9 Å². The molecule has 1 fully saturated rings. The Balaban J connectivity index is 2.09. The summed E-state index contributed by atoms with van der Waals surface area (Å²) in [5.41, 5.74) is 0.960. The molecule has 0 saturated carbocycles. The third-order valence-corrected chi connectivity index (χ3v) is 24.7. The Morgan fingerprint density at radius 3 is 1.90 bits per heavy atom. The predicted octanol–water partition coefficient (Wildman–Crippen LogP) is 8.29. The van der Waals surface area contributed by atoms with Crippen molar-refractivity contribution in [1.29, 1.82) is 0 Å². The van der Waals surface area contributed by atoms with Crippen LogP contribution in [0.4, 0.5) is 0 Å². The van der Waals surface area contributed by atoms with Gasteiger partial charge in [-0.1, -0.05) is 62.3 Å². The predicted molar refractivity (Wildman–Crippen MR) is 205 cm³/mol. The Morgan fingerprint density at radius 1 is 0.824 bits per heavy atom. The lowest BCUT2D eigenvalue weighted by atomic mass is 10.1. The molecule has 0 aliphatic carbocycles. The minimum absolute atomic E-state index is 0.0189. The monoisotopic (exact) mass is 771 g/mol. The van der Waals surface area contributed by atoms with E-state index in [1.165, 1.54) is 7.11 Å². The van der Waals surface area contributed by atoms with Gasteiger partial charge in [0, 0.05) is 0 Å². The standard InChI is InChI=1S/C34H65N5O9Si3/c1-32(2,3)49(11,12)45-22-24-26(47-50(13,14)33(4,5)6)27(48-51(15,16)34(7,8)9)30(46-24)38-23-35-25-28(38)36-31(37-29(25)42-10)43-20-18-17-19-21-44-39(40)41/h23-24,26-27,30H,17-22H2,1-16H3/t24-,26-,27-,30-/m1/s1. The largest absolute Gasteiger partial charge is 0.479 e. The second kappa shape index (κ2) is 16.1. The quantitative estimate of drug-likeness (QED) is 0.0659. The number of aromatic nitrogens is 4. The number of hydrogen-bond donors (Lipinski definition) is 0. The van der Waals surface area contributed by atoms with Gasteiger partial charge in [-0.2, -0.15) is 9.97 Å². The van der Waals surface area contributed by atoms with Crippen molar-refractivity contribution < 1.29 is 37.4 Å². The average molecular weight is 772 g/mol. The van der Waals surface area contributed by atoms with Gasteiger partial charge in [-0.3, -0.25) is 4.57 Å². The molecule has 14 nitrogen and oxygen atoms in total. The van der Waals surface area contributed by atoms with Crippen LogP contribution in [0.25, 0.3) is 11.2 Å². The van der Waals surface area contributed by atoms with Gasteiger partial charge in [-0.05, 0) is 73.7 Å². The van der Waals surface area contributed by atoms with Gasteiger partial charge in [0.25, 0.3) is 5.09 Å². The van der Waals surface area contributed by atoms with Gasteiger partial charge < -0.3 is 32.3 Å². The molecule has 0 spiro atoms. The van der Waals surface area contributed by atoms with Crippen molar-refractivity contribution in [2.45, 2.75) is 161 Å². The number of unbranched alkanes of at least 4 members (excludes halogenated alkanes) is 2. The smallest absolute Gasteiger partial charge is 0.321 e. The fraction of sp³-hybridized carbons (Fsp3) is 0.853. The van der Waals surface area contributed by atoms with Crippen molar-refractivity contribution in [3.63, 3.8) is 0 Å². The van der Waals surface area contributed by atoms with Crippen LogP contribution >= 0.6 is 0 Å². The second-order valence-corrected chi connectivity index (χ2v) is 32.4. The van der Waals surface area contributed by atoms with Gasteiger partial charge in [-0.15, -0.1) is 10.1 Å². The highest BCUT2D eigenvalue weighted by molar-refractivity contribution is 6.75. The van der Waals surface area contributed by atoms with E-state index in [4.69, 9.17) is 32.5 Å². The first-order valence-electron chi connectivity index (χ1n) is 18.1. The van der Waals surface area contributed by atoms with Gasteiger partial charge in [-0.25, -0.2) is 4.98 Å². The van der Waals surface area contributed by atoms with Gasteiger partial charge in [0.05, 0.1) is 33.3 Å². The van der Waals surface area contributed by atoms with E-state index in [1.807, 2.05) is 4.57 Å². The number of nitrogens with zero attached hydrogens (tertiary/aromatic N) is 5. The average Bonchev–Trinajstić information content (AvgIpc) is 3.53. The Hall–Kier alpha value is -2.16. The Kier molecular flexibility index (Phi) is 13.6. The lowest BCUT2D eigenvalue weighted by Crippen LogP contribution is -2.54. The summed E-state index contributed by atoms with van der Waals surface area (Å²) in [6.45, 7) is 34.4. The number of imidazole rings is 1. The molecule has 0 N–H and O–H groups in total. The minimum Gasteiger partial charge on any atom is -0.479 e. The normalized spacial score (nSPS) is 20.9. The summed E-state index contributed by atoms with van der Waals surface area (Å²) in [4.78, 5) is 28.8. The molecule has 3 heterocycles. The molecule has 292 valence electrons. The van der Waals surface area contributed by atoms with Crippen LogP contribution < -0.4 is 9.47 Å². The van der Waals surface area contributed by atoms with E-state index in [9.17, 15) is 10.1 Å². The Bertz CT molecular complexity index is 1470. The molecular weight excluding hydrogens is 707 g/mol. The fourth-order valence-corrected chi connectivity index (χ4v) is 8.44. The van der Waals surface area contributed by atoms with Crippen molar-refractivity contribution in [3.05, 3.63) is 16.4 Å². The maximum absolute atomic E-state index is 10.4. The van der Waals surface area contributed by atoms with Crippen LogP contribution in [0.1, 0.15) is 87.8 Å². The summed E-state index contributed by atoms with van der Waals surface area (Å²) in [6.07, 6.45) is 1.61. The molecule has 0 amide bonds. The van der Waals surface area contributed by atoms with Crippen LogP contribution in [0.3, 0.4) is 0 Å². The number of hydrogen-bond acceptors (Lipinski definition) is 12. The molecule has 4 atom stereocenters. The van der Waals surface area contributed by atoms with E-state index in [0.717, 1.165) is 0 Å². The molecule has 0 aromatic carbocycles. The lowest BCUT2D eigenvalue weighted by Gasteiger charge is -2.44. The molecule has 2 aromatic heterocycles. The van der Waals surface area contributed by atoms with E-state index >= 15 is 0 Å². The van der Waals surface area contributed by atoms with Crippen molar-refractivity contribution >= 4 is 36.1 Å². The first kappa shape index (κ1) is 43.2. The Labute approximate surface area is 308 Å². The van der Waals surface area contributed by atoms with E-state index in [0.29, 0.717) is 43.6 Å². The van der Waals surface area contributed by atoms with Crippen LogP contribution in [0.15, 0.2) is 6.33 Å². The molecule has 0 radical (unpaired) electrons. The van der Waals surface area contributed by atoms with Crippen LogP contribution in [-0.2, 0) is 22.9 Å². The third-order valence-electron chi connectivity index (χ3n) is 11.2. The van der Waals surface area contributed by atoms with E-state index < -0.39 is 54.6 Å². The van der Waals surface area contributed by atoms with Gasteiger partial charge >= 0.3 is 6.01 Å². The summed E-state index contributed by atoms with van der Waals surface area (Å²) in [6, 6.07) is 0.134. The molecule has 1 saturated heterocycles. The van der Waals surface area contributed by atoms with Crippen molar-refractivity contribution in [2.75, 3.05) is 26.9 Å². The topological polar surface area (TPSA) is 151 Å². The number of rotatable bonds is 17. The fourth-order valence-electron chi connectivity index (χ4n) is 4.82. The molecule has 1 aliphatic heterocycles. The second-order valence-electron chi connectivity index (χ2n) is 18.1. The molecule has 0 bridgehead atoms. The first-order valence-corrected chi connectivity index (χ1v) is 26.8. The highest BCUT2D eigenvalue weighted by atomic mass is 28.4. The maximum Gasteiger partial charge on any atom is 0.321 e. The highest BCUT2D eigenvalue weighted by Gasteiger charge is 2.55. The number of fused-ring (bicyclic) bond motifs is 1. The summed E-state index contributed by atoms with van der Waals surface area (Å²) in [7, 11) is -5.32. The minimum atomic E-state index is -2.38. The molecule has 17 heteroatoms. The molecule has 0 unspecified atom stereocenters. The molecule has 1 aliphatic rings. The molecule has 51 heavy (non-hydrogen) atoms. The van der Waals surface area contributed by atoms with E-state index in [-0.39, 0.29) is 33.6 Å². The van der Waals surface area contributed by atoms with Gasteiger partial charge in [0.15, 0.2) is 42.3 Å². The molecule has 2 aromatic rings. The summed E-state index contributed by atoms with van der Waals surface area (Å²) in [5, 5.41) is 9.53. The summed E-state index contributed by atoms with van der Waals surface area (Å²) >= 11 is 0. The molecular formula is C34H65N5O9Si3. The van der Waals surface area contributed by atoms with Crippen molar-refractivity contribution in [1.82, 2.24) is 19.5 Å². The maximum atomic E-state index is 10.4. The SMILES string of the molecule is COc1nc(OCCCCCO[N+](=O)[O-])nc2c1ncn2[C@@H]1O[C@H](CO[Si](C)(C)C(C)(C)C)[C@@H](O[Si](C)(C)C(C)(C)C)[C@H]1O[Si](C)(C)C(C)(C)C. The van der Waals surface area contributed by atoms with Crippen LogP contribution in [-0.4, -0.2) is 94.8 Å². The van der Waals surface area contributed by atoms with Gasteiger partial charge in [0.1, 0.15) is 18.3 Å². The Morgan fingerprint density at radius 2 is 1.37 bits per heavy atom. The lowest BCUT2D eigenvalue weighted by molar-refractivity contribution is -0.757. The summed E-state index contributed by atoms with van der Waals surface area (Å²) < 4.78 is 42.0. The van der Waals surface area contributed by atoms with E-state index in [2.05, 4.69) is 116 Å². The van der Waals surface area contributed by atoms with Crippen LogP contribution in [0.2, 0.25) is 54.4 Å². The number of ether oxygens (including phenoxy) is 3.